The highest BCUT2D eigenvalue weighted by Gasteiger charge is 2.21. The van der Waals surface area contributed by atoms with Crippen LogP contribution in [0.15, 0.2) is 42.6 Å². The molecule has 7 nitrogen and oxygen atoms in total. The van der Waals surface area contributed by atoms with Gasteiger partial charge in [-0.25, -0.2) is 0 Å². The second-order valence-electron chi connectivity index (χ2n) is 4.82. The first-order valence-electron chi connectivity index (χ1n) is 6.79. The van der Waals surface area contributed by atoms with Crippen LogP contribution in [-0.2, 0) is 28.5 Å². The minimum absolute atomic E-state index is 0.214. The van der Waals surface area contributed by atoms with E-state index in [0.29, 0.717) is 0 Å². The minimum Gasteiger partial charge on any atom is -0.383 e. The highest BCUT2D eigenvalue weighted by Crippen LogP contribution is 2.13. The number of benzene rings is 1. The van der Waals surface area contributed by atoms with Crippen LogP contribution >= 0.6 is 0 Å². The summed E-state index contributed by atoms with van der Waals surface area (Å²) in [5.74, 6) is 0. The fourth-order valence-electron chi connectivity index (χ4n) is 2.08. The summed E-state index contributed by atoms with van der Waals surface area (Å²) in [6.07, 6.45) is 1.61. The highest BCUT2D eigenvalue weighted by atomic mass is 32.2. The number of nitrogens with one attached hydrogen (secondary N) is 2. The molecule has 0 aliphatic carbocycles. The molecule has 0 spiro atoms. The number of aryl methyl sites for hydroxylation is 1. The zero-order chi connectivity index (χ0) is 16.0. The number of nitrogens with zero attached hydrogens (tertiary/aromatic N) is 2. The lowest BCUT2D eigenvalue weighted by Crippen LogP contribution is -2.40. The topological polar surface area (TPSA) is 85.2 Å². The third kappa shape index (κ3) is 4.63. The molecular weight excluding hydrogens is 304 g/mol. The van der Waals surface area contributed by atoms with Crippen LogP contribution in [0.3, 0.4) is 0 Å². The van der Waals surface area contributed by atoms with Crippen LogP contribution in [0.2, 0.25) is 0 Å². The summed E-state index contributed by atoms with van der Waals surface area (Å²) >= 11 is 0. The van der Waals surface area contributed by atoms with Gasteiger partial charge in [-0.3, -0.25) is 4.68 Å². The number of rotatable bonds is 8. The van der Waals surface area contributed by atoms with E-state index in [4.69, 9.17) is 4.74 Å². The van der Waals surface area contributed by atoms with Crippen molar-refractivity contribution in [3.05, 3.63) is 53.9 Å². The maximum Gasteiger partial charge on any atom is 0.277 e. The van der Waals surface area contributed by atoms with Crippen molar-refractivity contribution in [3.8, 4) is 0 Å². The molecule has 0 aliphatic heterocycles. The molecule has 8 heteroatoms. The summed E-state index contributed by atoms with van der Waals surface area (Å²) in [5.41, 5.74) is 1.61. The van der Waals surface area contributed by atoms with Crippen molar-refractivity contribution in [2.24, 2.45) is 7.05 Å². The van der Waals surface area contributed by atoms with E-state index in [1.54, 1.807) is 24.0 Å². The van der Waals surface area contributed by atoms with E-state index in [-0.39, 0.29) is 13.2 Å². The highest BCUT2D eigenvalue weighted by molar-refractivity contribution is 7.87. The lowest BCUT2D eigenvalue weighted by Gasteiger charge is -2.18. The van der Waals surface area contributed by atoms with E-state index in [1.807, 2.05) is 30.3 Å². The number of hydrogen-bond acceptors (Lipinski definition) is 4. The quantitative estimate of drug-likeness (QED) is 0.750. The van der Waals surface area contributed by atoms with E-state index >= 15 is 0 Å². The maximum absolute atomic E-state index is 12.2. The third-order valence-electron chi connectivity index (χ3n) is 3.16. The molecule has 0 unspecified atom stereocenters. The Bertz CT molecular complexity index is 685. The Morgan fingerprint density at radius 2 is 2.00 bits per heavy atom. The van der Waals surface area contributed by atoms with Gasteiger partial charge in [0.1, 0.15) is 0 Å². The van der Waals surface area contributed by atoms with E-state index in [9.17, 15) is 8.42 Å². The summed E-state index contributed by atoms with van der Waals surface area (Å²) in [7, 11) is -0.389. The summed E-state index contributed by atoms with van der Waals surface area (Å²) in [6.45, 7) is 0.438. The molecular formula is C14H20N4O3S. The molecule has 1 heterocycles. The molecule has 0 aliphatic rings. The molecule has 0 amide bonds. The molecule has 1 atom stereocenters. The fourth-order valence-corrected chi connectivity index (χ4v) is 3.08. The predicted octanol–water partition coefficient (Wildman–Crippen LogP) is 0.732. The number of methoxy groups -OCH3 is 1. The first kappa shape index (κ1) is 16.6. The average molecular weight is 324 g/mol. The number of hydrogen-bond donors (Lipinski definition) is 2. The molecule has 120 valence electrons. The lowest BCUT2D eigenvalue weighted by atomic mass is 10.2. The van der Waals surface area contributed by atoms with Gasteiger partial charge in [-0.2, -0.15) is 23.0 Å². The van der Waals surface area contributed by atoms with E-state index in [0.717, 1.165) is 11.3 Å². The van der Waals surface area contributed by atoms with Crippen LogP contribution in [0.4, 0.5) is 0 Å². The Morgan fingerprint density at radius 3 is 2.59 bits per heavy atom. The van der Waals surface area contributed by atoms with E-state index < -0.39 is 16.3 Å². The van der Waals surface area contributed by atoms with Gasteiger partial charge >= 0.3 is 0 Å². The smallest absolute Gasteiger partial charge is 0.277 e. The summed E-state index contributed by atoms with van der Waals surface area (Å²) < 4.78 is 36.2. The largest absolute Gasteiger partial charge is 0.383 e. The SMILES string of the molecule is COC[C@H](NS(=O)(=O)NCc1ccccc1)c1ccnn1C. The van der Waals surface area contributed by atoms with Gasteiger partial charge in [-0.15, -0.1) is 0 Å². The first-order chi connectivity index (χ1) is 10.5. The van der Waals surface area contributed by atoms with Gasteiger partial charge < -0.3 is 4.74 Å². The van der Waals surface area contributed by atoms with Gasteiger partial charge in [0, 0.05) is 26.9 Å². The van der Waals surface area contributed by atoms with Crippen molar-refractivity contribution < 1.29 is 13.2 Å². The van der Waals surface area contributed by atoms with Crippen LogP contribution in [0.5, 0.6) is 0 Å². The molecule has 2 aromatic rings. The monoisotopic (exact) mass is 324 g/mol. The Balaban J connectivity index is 2.03. The van der Waals surface area contributed by atoms with Crippen molar-refractivity contribution in [1.29, 1.82) is 0 Å². The lowest BCUT2D eigenvalue weighted by molar-refractivity contribution is 0.172. The molecule has 0 saturated heterocycles. The molecule has 2 rings (SSSR count). The number of ether oxygens (including phenoxy) is 1. The Hall–Kier alpha value is -1.74. The summed E-state index contributed by atoms with van der Waals surface area (Å²) in [5, 5.41) is 4.05. The van der Waals surface area contributed by atoms with Crippen LogP contribution in [0.1, 0.15) is 17.3 Å². The average Bonchev–Trinajstić information content (AvgIpc) is 2.92. The van der Waals surface area contributed by atoms with Gasteiger partial charge in [-0.1, -0.05) is 30.3 Å². The summed E-state index contributed by atoms with van der Waals surface area (Å²) in [6, 6.07) is 10.6. The summed E-state index contributed by atoms with van der Waals surface area (Å²) in [4.78, 5) is 0. The molecule has 0 fully saturated rings. The van der Waals surface area contributed by atoms with Crippen LogP contribution in [-0.4, -0.2) is 31.9 Å². The molecule has 1 aromatic heterocycles. The molecule has 0 bridgehead atoms. The molecule has 22 heavy (non-hydrogen) atoms. The molecule has 0 saturated carbocycles. The third-order valence-corrected chi connectivity index (χ3v) is 4.27. The molecule has 2 N–H and O–H groups in total. The Morgan fingerprint density at radius 1 is 1.27 bits per heavy atom. The second-order valence-corrected chi connectivity index (χ2v) is 6.35. The van der Waals surface area contributed by atoms with Crippen LogP contribution in [0, 0.1) is 0 Å². The van der Waals surface area contributed by atoms with E-state index in [2.05, 4.69) is 14.5 Å². The van der Waals surface area contributed by atoms with Crippen molar-refractivity contribution >= 4 is 10.2 Å². The Labute approximate surface area is 130 Å². The zero-order valence-corrected chi connectivity index (χ0v) is 13.4. The van der Waals surface area contributed by atoms with Crippen molar-refractivity contribution in [3.63, 3.8) is 0 Å². The number of aromatic nitrogens is 2. The van der Waals surface area contributed by atoms with Crippen molar-refractivity contribution in [2.75, 3.05) is 13.7 Å². The van der Waals surface area contributed by atoms with Gasteiger partial charge in [0.2, 0.25) is 0 Å². The van der Waals surface area contributed by atoms with Crippen molar-refractivity contribution in [2.45, 2.75) is 12.6 Å². The standard InChI is InChI=1S/C14H20N4O3S/c1-18-14(8-9-15-18)13(11-21-2)17-22(19,20)16-10-12-6-4-3-5-7-12/h3-9,13,16-17H,10-11H2,1-2H3/t13-/m0/s1. The second kappa shape index (κ2) is 7.50. The van der Waals surface area contributed by atoms with Gasteiger partial charge in [0.05, 0.1) is 18.3 Å². The van der Waals surface area contributed by atoms with Crippen LogP contribution < -0.4 is 9.44 Å². The minimum atomic E-state index is -3.67. The zero-order valence-electron chi connectivity index (χ0n) is 12.6. The van der Waals surface area contributed by atoms with Gasteiger partial charge in [-0.05, 0) is 11.6 Å². The van der Waals surface area contributed by atoms with Gasteiger partial charge in [0.25, 0.3) is 10.2 Å². The first-order valence-corrected chi connectivity index (χ1v) is 8.28. The maximum atomic E-state index is 12.2. The fraction of sp³-hybridized carbons (Fsp3) is 0.357. The molecule has 0 radical (unpaired) electrons. The predicted molar refractivity (Wildman–Crippen MR) is 83.2 cm³/mol. The van der Waals surface area contributed by atoms with Crippen molar-refractivity contribution in [1.82, 2.24) is 19.2 Å². The van der Waals surface area contributed by atoms with E-state index in [1.165, 1.54) is 7.11 Å². The van der Waals surface area contributed by atoms with Gasteiger partial charge in [0.15, 0.2) is 0 Å². The Kier molecular flexibility index (Phi) is 5.67. The normalized spacial score (nSPS) is 13.2. The molecule has 1 aromatic carbocycles. The van der Waals surface area contributed by atoms with Crippen LogP contribution in [0.25, 0.3) is 0 Å².